The van der Waals surface area contributed by atoms with Crippen LogP contribution >= 0.6 is 11.3 Å². The first kappa shape index (κ1) is 20.6. The lowest BCUT2D eigenvalue weighted by molar-refractivity contribution is -0.119. The van der Waals surface area contributed by atoms with Gasteiger partial charge in [0.15, 0.2) is 0 Å². The number of amides is 2. The van der Waals surface area contributed by atoms with Crippen molar-refractivity contribution in [1.82, 2.24) is 15.5 Å². The Bertz CT molecular complexity index is 993. The molecule has 0 radical (unpaired) electrons. The summed E-state index contributed by atoms with van der Waals surface area (Å²) in [5.74, 6) is -1.54. The molecule has 0 bridgehead atoms. The van der Waals surface area contributed by atoms with Gasteiger partial charge in [0.2, 0.25) is 11.0 Å². The minimum absolute atomic E-state index is 0.131. The van der Waals surface area contributed by atoms with Crippen LogP contribution < -0.4 is 10.6 Å². The quantitative estimate of drug-likeness (QED) is 0.611. The fourth-order valence-corrected chi connectivity index (χ4v) is 3.46. The van der Waals surface area contributed by atoms with E-state index in [2.05, 4.69) is 20.8 Å². The molecule has 0 saturated heterocycles. The summed E-state index contributed by atoms with van der Waals surface area (Å²) in [5, 5.41) is 14.6. The first-order valence-corrected chi connectivity index (χ1v) is 10.1. The van der Waals surface area contributed by atoms with Crippen LogP contribution in [-0.4, -0.2) is 28.1 Å². The third kappa shape index (κ3) is 5.23. The van der Waals surface area contributed by atoms with Gasteiger partial charge in [-0.25, -0.2) is 4.39 Å². The van der Waals surface area contributed by atoms with E-state index in [0.29, 0.717) is 16.6 Å². The molecule has 0 aliphatic rings. The number of benzene rings is 2. The maximum Gasteiger partial charge on any atom is 0.252 e. The van der Waals surface area contributed by atoms with Gasteiger partial charge in [-0.1, -0.05) is 68.0 Å². The summed E-state index contributed by atoms with van der Waals surface area (Å²) in [6.45, 7) is 3.79. The van der Waals surface area contributed by atoms with Crippen LogP contribution in [-0.2, 0) is 4.79 Å². The highest BCUT2D eigenvalue weighted by Crippen LogP contribution is 2.26. The highest BCUT2D eigenvalue weighted by atomic mass is 32.1. The molecule has 0 saturated carbocycles. The molecule has 1 heterocycles. The Balaban J connectivity index is 1.73. The number of aromatic nitrogens is 2. The van der Waals surface area contributed by atoms with Crippen LogP contribution in [0.2, 0.25) is 0 Å². The third-order valence-corrected chi connectivity index (χ3v) is 5.43. The van der Waals surface area contributed by atoms with Crippen molar-refractivity contribution in [2.75, 3.05) is 5.32 Å². The molecular formula is C21H21FN4O2S. The summed E-state index contributed by atoms with van der Waals surface area (Å²) in [5.41, 5.74) is 1.07. The lowest BCUT2D eigenvalue weighted by Gasteiger charge is -2.23. The van der Waals surface area contributed by atoms with Crippen molar-refractivity contribution in [3.63, 3.8) is 0 Å². The van der Waals surface area contributed by atoms with Crippen molar-refractivity contribution >= 4 is 28.3 Å². The molecule has 0 fully saturated rings. The molecule has 6 nitrogen and oxygen atoms in total. The maximum absolute atomic E-state index is 13.4. The van der Waals surface area contributed by atoms with Gasteiger partial charge in [0.25, 0.3) is 5.91 Å². The average Bonchev–Trinajstić information content (AvgIpc) is 3.20. The zero-order valence-electron chi connectivity index (χ0n) is 16.1. The number of carbonyl (C=O) groups excluding carboxylic acids is 2. The van der Waals surface area contributed by atoms with E-state index in [1.54, 1.807) is 0 Å². The van der Waals surface area contributed by atoms with E-state index in [-0.39, 0.29) is 17.4 Å². The molecule has 0 aliphatic carbocycles. The van der Waals surface area contributed by atoms with Crippen LogP contribution in [0.4, 0.5) is 9.52 Å². The molecule has 0 unspecified atom stereocenters. The molecule has 2 amide bonds. The van der Waals surface area contributed by atoms with Gasteiger partial charge in [-0.3, -0.25) is 14.9 Å². The summed E-state index contributed by atoms with van der Waals surface area (Å²) in [7, 11) is 0. The molecule has 1 aromatic heterocycles. The number of halogens is 1. The second-order valence-electron chi connectivity index (χ2n) is 6.61. The van der Waals surface area contributed by atoms with Gasteiger partial charge in [0.1, 0.15) is 16.9 Å². The Labute approximate surface area is 172 Å². The summed E-state index contributed by atoms with van der Waals surface area (Å²) < 4.78 is 13.4. The summed E-state index contributed by atoms with van der Waals surface area (Å²) in [6.07, 6.45) is 0.674. The normalized spacial score (nSPS) is 12.8. The molecule has 3 rings (SSSR count). The second kappa shape index (κ2) is 9.38. The van der Waals surface area contributed by atoms with Gasteiger partial charge >= 0.3 is 0 Å². The van der Waals surface area contributed by atoms with Crippen LogP contribution in [0.3, 0.4) is 0 Å². The molecule has 8 heteroatoms. The van der Waals surface area contributed by atoms with Gasteiger partial charge in [0.05, 0.1) is 0 Å². The van der Waals surface area contributed by atoms with E-state index in [9.17, 15) is 14.0 Å². The van der Waals surface area contributed by atoms with Crippen LogP contribution in [0, 0.1) is 11.7 Å². The molecule has 0 spiro atoms. The second-order valence-corrected chi connectivity index (χ2v) is 7.59. The summed E-state index contributed by atoms with van der Waals surface area (Å²) in [6, 6.07) is 14.1. The Kier molecular flexibility index (Phi) is 6.66. The molecule has 3 aromatic rings. The Morgan fingerprint density at radius 1 is 1.10 bits per heavy atom. The van der Waals surface area contributed by atoms with Crippen LogP contribution in [0.25, 0.3) is 10.6 Å². The van der Waals surface area contributed by atoms with Crippen molar-refractivity contribution in [2.24, 2.45) is 5.92 Å². The monoisotopic (exact) mass is 412 g/mol. The first-order valence-electron chi connectivity index (χ1n) is 9.24. The summed E-state index contributed by atoms with van der Waals surface area (Å²) >= 11 is 1.25. The van der Waals surface area contributed by atoms with Gasteiger partial charge in [-0.05, 0) is 24.1 Å². The van der Waals surface area contributed by atoms with Gasteiger partial charge in [-0.2, -0.15) is 0 Å². The van der Waals surface area contributed by atoms with Crippen molar-refractivity contribution in [3.8, 4) is 10.6 Å². The molecule has 2 aromatic carbocycles. The smallest absolute Gasteiger partial charge is 0.252 e. The molecule has 29 heavy (non-hydrogen) atoms. The number of rotatable bonds is 7. The fraction of sp³-hybridized carbons (Fsp3) is 0.238. The molecule has 2 atom stereocenters. The zero-order valence-corrected chi connectivity index (χ0v) is 16.9. The maximum atomic E-state index is 13.4. The van der Waals surface area contributed by atoms with Gasteiger partial charge in [0, 0.05) is 11.1 Å². The van der Waals surface area contributed by atoms with Crippen LogP contribution in [0.1, 0.15) is 30.6 Å². The lowest BCUT2D eigenvalue weighted by Crippen LogP contribution is -2.47. The number of nitrogens with one attached hydrogen (secondary N) is 2. The fourth-order valence-electron chi connectivity index (χ4n) is 2.71. The highest BCUT2D eigenvalue weighted by Gasteiger charge is 2.27. The number of hydrogen-bond donors (Lipinski definition) is 2. The largest absolute Gasteiger partial charge is 0.340 e. The lowest BCUT2D eigenvalue weighted by atomic mass is 9.98. The predicted molar refractivity (Wildman–Crippen MR) is 111 cm³/mol. The molecule has 0 aliphatic heterocycles. The Morgan fingerprint density at radius 2 is 1.86 bits per heavy atom. The Hall–Kier alpha value is -3.13. The van der Waals surface area contributed by atoms with E-state index >= 15 is 0 Å². The van der Waals surface area contributed by atoms with Crippen LogP contribution in [0.5, 0.6) is 0 Å². The van der Waals surface area contributed by atoms with Gasteiger partial charge in [-0.15, -0.1) is 10.2 Å². The van der Waals surface area contributed by atoms with Crippen molar-refractivity contribution in [3.05, 3.63) is 66.0 Å². The number of nitrogens with zero attached hydrogens (tertiary/aromatic N) is 2. The molecule has 150 valence electrons. The van der Waals surface area contributed by atoms with Crippen molar-refractivity contribution in [2.45, 2.75) is 26.3 Å². The number of hydrogen-bond acceptors (Lipinski definition) is 5. The standard InChI is InChI=1S/C21H21FN4O2S/c1-3-13(2)17(23-18(27)15-10-7-11-16(22)12-15)19(28)24-21-26-25-20(29-21)14-8-5-4-6-9-14/h4-13,17H,3H2,1-2H3,(H,23,27)(H,24,26,28)/t13-,17-/m1/s1. The molecular weight excluding hydrogens is 391 g/mol. The topological polar surface area (TPSA) is 84.0 Å². The SMILES string of the molecule is CC[C@@H](C)[C@@H](NC(=O)c1cccc(F)c1)C(=O)Nc1nnc(-c2ccccc2)s1. The van der Waals surface area contributed by atoms with E-state index in [1.807, 2.05) is 44.2 Å². The minimum atomic E-state index is -0.792. The summed E-state index contributed by atoms with van der Waals surface area (Å²) in [4.78, 5) is 25.3. The van der Waals surface area contributed by atoms with Crippen LogP contribution in [0.15, 0.2) is 54.6 Å². The predicted octanol–water partition coefficient (Wildman–Crippen LogP) is 4.13. The minimum Gasteiger partial charge on any atom is -0.340 e. The Morgan fingerprint density at radius 3 is 2.55 bits per heavy atom. The zero-order chi connectivity index (χ0) is 20.8. The number of anilines is 1. The van der Waals surface area contributed by atoms with Crippen molar-refractivity contribution in [1.29, 1.82) is 0 Å². The van der Waals surface area contributed by atoms with Gasteiger partial charge < -0.3 is 5.32 Å². The highest BCUT2D eigenvalue weighted by molar-refractivity contribution is 7.18. The van der Waals surface area contributed by atoms with E-state index in [0.717, 1.165) is 11.6 Å². The average molecular weight is 412 g/mol. The van der Waals surface area contributed by atoms with E-state index in [1.165, 1.54) is 29.5 Å². The third-order valence-electron chi connectivity index (χ3n) is 4.54. The first-order chi connectivity index (χ1) is 14.0. The number of carbonyl (C=O) groups is 2. The molecule has 2 N–H and O–H groups in total. The van der Waals surface area contributed by atoms with Crippen molar-refractivity contribution < 1.29 is 14.0 Å². The van der Waals surface area contributed by atoms with E-state index < -0.39 is 17.8 Å². The van der Waals surface area contributed by atoms with E-state index in [4.69, 9.17) is 0 Å².